The highest BCUT2D eigenvalue weighted by Crippen LogP contribution is 2.19. The van der Waals surface area contributed by atoms with Gasteiger partial charge in [0.2, 0.25) is 0 Å². The lowest BCUT2D eigenvalue weighted by molar-refractivity contribution is 0.321. The van der Waals surface area contributed by atoms with Crippen molar-refractivity contribution in [3.05, 3.63) is 41.5 Å². The number of ether oxygens (including phenoxy) is 1. The molecule has 0 bridgehead atoms. The molecule has 0 aliphatic heterocycles. The molecule has 0 radical (unpaired) electrons. The van der Waals surface area contributed by atoms with Crippen LogP contribution < -0.4 is 10.5 Å². The average Bonchev–Trinajstić information content (AvgIpc) is 2.29. The second-order valence-electron chi connectivity index (χ2n) is 3.35. The Balaban J connectivity index is 2.80. The van der Waals surface area contributed by atoms with E-state index < -0.39 is 5.82 Å². The van der Waals surface area contributed by atoms with E-state index in [1.807, 2.05) is 0 Å². The zero-order valence-electron chi connectivity index (χ0n) is 9.17. The summed E-state index contributed by atoms with van der Waals surface area (Å²) in [4.78, 5) is 0. The first-order valence-corrected chi connectivity index (χ1v) is 5.10. The first-order valence-electron chi connectivity index (χ1n) is 5.10. The lowest BCUT2D eigenvalue weighted by atomic mass is 10.1. The Labute approximate surface area is 93.7 Å². The van der Waals surface area contributed by atoms with Crippen LogP contribution in [0.25, 0.3) is 0 Å². The van der Waals surface area contributed by atoms with Gasteiger partial charge in [-0.3, -0.25) is 0 Å². The molecule has 0 saturated heterocycles. The third-order valence-corrected chi connectivity index (χ3v) is 2.14. The smallest absolute Gasteiger partial charge is 0.165 e. The first-order chi connectivity index (χ1) is 7.71. The largest absolute Gasteiger partial charge is 0.491 e. The van der Waals surface area contributed by atoms with Gasteiger partial charge in [-0.1, -0.05) is 6.07 Å². The van der Waals surface area contributed by atoms with Crippen molar-refractivity contribution >= 4 is 0 Å². The molecule has 88 valence electrons. The lowest BCUT2D eigenvalue weighted by Crippen LogP contribution is -2.05. The quantitative estimate of drug-likeness (QED) is 0.839. The molecule has 1 rings (SSSR count). The predicted octanol–water partition coefficient (Wildman–Crippen LogP) is 2.58. The minimum absolute atomic E-state index is 0.130. The summed E-state index contributed by atoms with van der Waals surface area (Å²) in [5, 5.41) is 0. The van der Waals surface area contributed by atoms with E-state index in [0.29, 0.717) is 30.5 Å². The highest BCUT2D eigenvalue weighted by Gasteiger charge is 2.05. The Bertz CT molecular complexity index is 377. The van der Waals surface area contributed by atoms with Crippen molar-refractivity contribution in [2.24, 2.45) is 5.73 Å². The maximum atomic E-state index is 13.4. The molecule has 2 N–H and O–H groups in total. The number of nitrogens with two attached hydrogens (primary N) is 1. The van der Waals surface area contributed by atoms with E-state index in [2.05, 4.69) is 0 Å². The summed E-state index contributed by atoms with van der Waals surface area (Å²) in [5.41, 5.74) is 6.43. The average molecular weight is 227 g/mol. The second kappa shape index (κ2) is 6.23. The van der Waals surface area contributed by atoms with E-state index >= 15 is 0 Å². The van der Waals surface area contributed by atoms with Crippen LogP contribution >= 0.6 is 0 Å². The summed E-state index contributed by atoms with van der Waals surface area (Å²) in [6, 6.07) is 4.58. The summed E-state index contributed by atoms with van der Waals surface area (Å²) < 4.78 is 30.8. The topological polar surface area (TPSA) is 35.2 Å². The SMILES string of the molecule is CCOc1ccc(C/C(=C/F)CN)cc1F. The zero-order valence-corrected chi connectivity index (χ0v) is 9.17. The lowest BCUT2D eigenvalue weighted by Gasteiger charge is -2.07. The van der Waals surface area contributed by atoms with Gasteiger partial charge in [-0.15, -0.1) is 0 Å². The Morgan fingerprint density at radius 2 is 2.25 bits per heavy atom. The molecule has 0 unspecified atom stereocenters. The molecule has 0 heterocycles. The van der Waals surface area contributed by atoms with Crippen molar-refractivity contribution in [2.75, 3.05) is 13.2 Å². The molecule has 0 saturated carbocycles. The van der Waals surface area contributed by atoms with Crippen molar-refractivity contribution in [3.8, 4) is 5.75 Å². The molecule has 0 aliphatic rings. The van der Waals surface area contributed by atoms with Crippen LogP contribution in [0.4, 0.5) is 8.78 Å². The van der Waals surface area contributed by atoms with Gasteiger partial charge in [-0.05, 0) is 36.6 Å². The van der Waals surface area contributed by atoms with E-state index in [4.69, 9.17) is 10.5 Å². The number of benzene rings is 1. The monoisotopic (exact) mass is 227 g/mol. The molecule has 1 aromatic carbocycles. The fraction of sp³-hybridized carbons (Fsp3) is 0.333. The number of hydrogen-bond donors (Lipinski definition) is 1. The molecule has 4 heteroatoms. The van der Waals surface area contributed by atoms with Gasteiger partial charge in [0.15, 0.2) is 11.6 Å². The van der Waals surface area contributed by atoms with Crippen LogP contribution in [0.5, 0.6) is 5.75 Å². The highest BCUT2D eigenvalue weighted by atomic mass is 19.1. The molecular formula is C12H15F2NO. The number of rotatable bonds is 5. The molecule has 0 spiro atoms. The Kier molecular flexibility index (Phi) is 4.92. The van der Waals surface area contributed by atoms with Gasteiger partial charge >= 0.3 is 0 Å². The number of halogens is 2. The second-order valence-corrected chi connectivity index (χ2v) is 3.35. The van der Waals surface area contributed by atoms with E-state index in [0.717, 1.165) is 0 Å². The normalized spacial score (nSPS) is 11.6. The first kappa shape index (κ1) is 12.6. The highest BCUT2D eigenvalue weighted by molar-refractivity contribution is 5.31. The minimum Gasteiger partial charge on any atom is -0.491 e. The van der Waals surface area contributed by atoms with Crippen molar-refractivity contribution in [1.29, 1.82) is 0 Å². The predicted molar refractivity (Wildman–Crippen MR) is 59.5 cm³/mol. The standard InChI is InChI=1S/C12H15F2NO/c1-2-16-12-4-3-9(6-11(12)14)5-10(7-13)8-15/h3-4,6-7H,2,5,8,15H2,1H3/b10-7-. The fourth-order valence-electron chi connectivity index (χ4n) is 1.34. The van der Waals surface area contributed by atoms with Gasteiger partial charge in [0.1, 0.15) is 0 Å². The third-order valence-electron chi connectivity index (χ3n) is 2.14. The van der Waals surface area contributed by atoms with Crippen molar-refractivity contribution < 1.29 is 13.5 Å². The third kappa shape index (κ3) is 3.31. The van der Waals surface area contributed by atoms with Gasteiger partial charge < -0.3 is 10.5 Å². The van der Waals surface area contributed by atoms with Gasteiger partial charge in [-0.25, -0.2) is 8.78 Å². The van der Waals surface area contributed by atoms with Crippen molar-refractivity contribution in [3.63, 3.8) is 0 Å². The maximum Gasteiger partial charge on any atom is 0.165 e. The maximum absolute atomic E-state index is 13.4. The van der Waals surface area contributed by atoms with Crippen molar-refractivity contribution in [2.45, 2.75) is 13.3 Å². The zero-order chi connectivity index (χ0) is 12.0. The van der Waals surface area contributed by atoms with Crippen molar-refractivity contribution in [1.82, 2.24) is 0 Å². The van der Waals surface area contributed by atoms with Gasteiger partial charge in [0.05, 0.1) is 12.9 Å². The Morgan fingerprint density at radius 1 is 1.50 bits per heavy atom. The summed E-state index contributed by atoms with van der Waals surface area (Å²) in [6.45, 7) is 2.33. The van der Waals surface area contributed by atoms with Crippen LogP contribution in [-0.4, -0.2) is 13.2 Å². The van der Waals surface area contributed by atoms with Crippen LogP contribution in [-0.2, 0) is 6.42 Å². The molecule has 0 amide bonds. The minimum atomic E-state index is -0.436. The molecule has 0 aliphatic carbocycles. The van der Waals surface area contributed by atoms with Crippen LogP contribution in [0.3, 0.4) is 0 Å². The van der Waals surface area contributed by atoms with E-state index in [9.17, 15) is 8.78 Å². The molecule has 16 heavy (non-hydrogen) atoms. The van der Waals surface area contributed by atoms with Crippen LogP contribution in [0, 0.1) is 5.82 Å². The van der Waals surface area contributed by atoms with E-state index in [-0.39, 0.29) is 12.3 Å². The molecular weight excluding hydrogens is 212 g/mol. The van der Waals surface area contributed by atoms with Crippen LogP contribution in [0.2, 0.25) is 0 Å². The molecule has 1 aromatic rings. The summed E-state index contributed by atoms with van der Waals surface area (Å²) in [7, 11) is 0. The van der Waals surface area contributed by atoms with Crippen LogP contribution in [0.1, 0.15) is 12.5 Å². The van der Waals surface area contributed by atoms with Gasteiger partial charge in [-0.2, -0.15) is 0 Å². The summed E-state index contributed by atoms with van der Waals surface area (Å²) in [6.07, 6.45) is 0.782. The molecule has 2 nitrogen and oxygen atoms in total. The summed E-state index contributed by atoms with van der Waals surface area (Å²) in [5.74, 6) is -0.223. The Morgan fingerprint density at radius 3 is 2.75 bits per heavy atom. The van der Waals surface area contributed by atoms with E-state index in [1.54, 1.807) is 19.1 Å². The molecule has 0 atom stereocenters. The van der Waals surface area contributed by atoms with E-state index in [1.165, 1.54) is 6.07 Å². The number of hydrogen-bond acceptors (Lipinski definition) is 2. The fourth-order valence-corrected chi connectivity index (χ4v) is 1.34. The summed E-state index contributed by atoms with van der Waals surface area (Å²) >= 11 is 0. The Hall–Kier alpha value is -1.42. The molecule has 0 aromatic heterocycles. The van der Waals surface area contributed by atoms with Gasteiger partial charge in [0.25, 0.3) is 0 Å². The molecule has 0 fully saturated rings. The van der Waals surface area contributed by atoms with Crippen LogP contribution in [0.15, 0.2) is 30.1 Å². The van der Waals surface area contributed by atoms with Gasteiger partial charge in [0, 0.05) is 6.54 Å².